The monoisotopic (exact) mass is 366 g/mol. The van der Waals surface area contributed by atoms with Crippen molar-refractivity contribution in [3.63, 3.8) is 0 Å². The lowest BCUT2D eigenvalue weighted by atomic mass is 10.2. The van der Waals surface area contributed by atoms with E-state index in [4.69, 9.17) is 11.6 Å². The van der Waals surface area contributed by atoms with Crippen LogP contribution in [0.3, 0.4) is 0 Å². The largest absolute Gasteiger partial charge is 0.388 e. The summed E-state index contributed by atoms with van der Waals surface area (Å²) >= 11 is 7.45. The van der Waals surface area contributed by atoms with Gasteiger partial charge in [0, 0.05) is 17.6 Å². The van der Waals surface area contributed by atoms with Crippen LogP contribution in [0.1, 0.15) is 37.2 Å². The van der Waals surface area contributed by atoms with Crippen LogP contribution in [0.4, 0.5) is 0 Å². The van der Waals surface area contributed by atoms with Gasteiger partial charge in [-0.3, -0.25) is 4.79 Å². The van der Waals surface area contributed by atoms with Gasteiger partial charge in [-0.2, -0.15) is 0 Å². The van der Waals surface area contributed by atoms with Crippen molar-refractivity contribution < 1.29 is 9.90 Å². The van der Waals surface area contributed by atoms with E-state index in [0.29, 0.717) is 28.6 Å². The summed E-state index contributed by atoms with van der Waals surface area (Å²) in [5, 5.41) is 21.4. The van der Waals surface area contributed by atoms with Gasteiger partial charge in [0.2, 0.25) is 5.91 Å². The SMILES string of the molecule is CC(Sc1nnc(CO)n1C1CC1)C(=O)NCc1ccccc1Cl. The zero-order valence-corrected chi connectivity index (χ0v) is 14.8. The van der Waals surface area contributed by atoms with Crippen LogP contribution in [0.15, 0.2) is 29.4 Å². The maximum Gasteiger partial charge on any atom is 0.233 e. The first-order chi connectivity index (χ1) is 11.6. The third kappa shape index (κ3) is 3.91. The number of hydrogen-bond acceptors (Lipinski definition) is 5. The Balaban J connectivity index is 1.60. The van der Waals surface area contributed by atoms with Crippen LogP contribution < -0.4 is 5.32 Å². The maximum atomic E-state index is 12.3. The predicted molar refractivity (Wildman–Crippen MR) is 92.8 cm³/mol. The Bertz CT molecular complexity index is 733. The molecule has 1 atom stereocenters. The Labute approximate surface area is 149 Å². The number of aliphatic hydroxyl groups excluding tert-OH is 1. The highest BCUT2D eigenvalue weighted by molar-refractivity contribution is 8.00. The first-order valence-electron chi connectivity index (χ1n) is 7.82. The molecule has 1 heterocycles. The highest BCUT2D eigenvalue weighted by Gasteiger charge is 2.30. The van der Waals surface area contributed by atoms with E-state index in [9.17, 15) is 9.90 Å². The molecule has 1 fully saturated rings. The van der Waals surface area contributed by atoms with Crippen LogP contribution in [0, 0.1) is 0 Å². The molecule has 1 aromatic heterocycles. The molecule has 128 valence electrons. The third-order valence-electron chi connectivity index (χ3n) is 3.85. The quantitative estimate of drug-likeness (QED) is 0.736. The van der Waals surface area contributed by atoms with Gasteiger partial charge in [-0.1, -0.05) is 41.6 Å². The van der Waals surface area contributed by atoms with Crippen molar-refractivity contribution in [2.24, 2.45) is 0 Å². The Kier molecular flexibility index (Phi) is 5.43. The third-order valence-corrected chi connectivity index (χ3v) is 5.28. The van der Waals surface area contributed by atoms with Crippen LogP contribution in [-0.4, -0.2) is 31.0 Å². The molecule has 0 bridgehead atoms. The van der Waals surface area contributed by atoms with Crippen LogP contribution in [0.5, 0.6) is 0 Å². The fraction of sp³-hybridized carbons (Fsp3) is 0.438. The molecule has 0 aliphatic heterocycles. The van der Waals surface area contributed by atoms with E-state index in [0.717, 1.165) is 18.4 Å². The second-order valence-corrected chi connectivity index (χ2v) is 7.44. The molecule has 1 saturated carbocycles. The summed E-state index contributed by atoms with van der Waals surface area (Å²) in [7, 11) is 0. The molecule has 8 heteroatoms. The normalized spacial score (nSPS) is 15.3. The van der Waals surface area contributed by atoms with Gasteiger partial charge >= 0.3 is 0 Å². The molecular weight excluding hydrogens is 348 g/mol. The van der Waals surface area contributed by atoms with E-state index in [1.54, 1.807) is 6.07 Å². The lowest BCUT2D eigenvalue weighted by Crippen LogP contribution is -2.30. The van der Waals surface area contributed by atoms with Gasteiger partial charge < -0.3 is 15.0 Å². The van der Waals surface area contributed by atoms with Crippen LogP contribution in [-0.2, 0) is 17.9 Å². The molecule has 0 spiro atoms. The number of nitrogens with one attached hydrogen (secondary N) is 1. The summed E-state index contributed by atoms with van der Waals surface area (Å²) in [5.41, 5.74) is 0.883. The van der Waals surface area contributed by atoms with E-state index in [2.05, 4.69) is 15.5 Å². The van der Waals surface area contributed by atoms with Gasteiger partial charge in [0.25, 0.3) is 0 Å². The molecule has 2 aromatic rings. The van der Waals surface area contributed by atoms with Crippen molar-refractivity contribution in [1.29, 1.82) is 0 Å². The minimum atomic E-state index is -0.319. The molecule has 1 amide bonds. The minimum absolute atomic E-state index is 0.0872. The number of halogens is 1. The van der Waals surface area contributed by atoms with Crippen LogP contribution in [0.25, 0.3) is 0 Å². The van der Waals surface area contributed by atoms with Gasteiger partial charge in [-0.25, -0.2) is 0 Å². The number of hydrogen-bond donors (Lipinski definition) is 2. The van der Waals surface area contributed by atoms with Crippen molar-refractivity contribution in [1.82, 2.24) is 20.1 Å². The molecule has 3 rings (SSSR count). The molecular formula is C16H19ClN4O2S. The maximum absolute atomic E-state index is 12.3. The van der Waals surface area contributed by atoms with Crippen molar-refractivity contribution in [2.45, 2.75) is 49.4 Å². The summed E-state index contributed by atoms with van der Waals surface area (Å²) in [6, 6.07) is 7.78. The number of carbonyl (C=O) groups excluding carboxylic acids is 1. The zero-order chi connectivity index (χ0) is 17.1. The molecule has 0 saturated heterocycles. The first-order valence-corrected chi connectivity index (χ1v) is 9.08. The molecule has 0 radical (unpaired) electrons. The summed E-state index contributed by atoms with van der Waals surface area (Å²) in [5.74, 6) is 0.472. The number of rotatable bonds is 7. The Morgan fingerprint density at radius 3 is 2.88 bits per heavy atom. The number of nitrogens with zero attached hydrogens (tertiary/aromatic N) is 3. The summed E-state index contributed by atoms with van der Waals surface area (Å²) in [4.78, 5) is 12.3. The molecule has 1 unspecified atom stereocenters. The minimum Gasteiger partial charge on any atom is -0.388 e. The van der Waals surface area contributed by atoms with Gasteiger partial charge in [0.1, 0.15) is 6.61 Å². The average Bonchev–Trinajstić information content (AvgIpc) is 3.34. The Morgan fingerprint density at radius 2 is 2.21 bits per heavy atom. The standard InChI is InChI=1S/C16H19ClN4O2S/c1-10(15(23)18-8-11-4-2-3-5-13(11)17)24-16-20-19-14(9-22)21(16)12-6-7-12/h2-5,10,12,22H,6-9H2,1H3,(H,18,23). The second kappa shape index (κ2) is 7.55. The smallest absolute Gasteiger partial charge is 0.233 e. The topological polar surface area (TPSA) is 80.0 Å². The Hall–Kier alpha value is -1.57. The van der Waals surface area contributed by atoms with E-state index >= 15 is 0 Å². The summed E-state index contributed by atoms with van der Waals surface area (Å²) in [6.45, 7) is 2.08. The van der Waals surface area contributed by atoms with E-state index in [1.807, 2.05) is 29.7 Å². The fourth-order valence-corrected chi connectivity index (χ4v) is 3.54. The highest BCUT2D eigenvalue weighted by atomic mass is 35.5. The van der Waals surface area contributed by atoms with Crippen LogP contribution >= 0.6 is 23.4 Å². The number of benzene rings is 1. The Morgan fingerprint density at radius 1 is 1.46 bits per heavy atom. The van der Waals surface area contributed by atoms with Crippen molar-refractivity contribution in [3.8, 4) is 0 Å². The highest BCUT2D eigenvalue weighted by Crippen LogP contribution is 2.39. The first kappa shape index (κ1) is 17.3. The van der Waals surface area contributed by atoms with E-state index < -0.39 is 0 Å². The number of carbonyl (C=O) groups is 1. The molecule has 1 aliphatic rings. The lowest BCUT2D eigenvalue weighted by Gasteiger charge is -2.13. The van der Waals surface area contributed by atoms with Crippen molar-refractivity contribution in [2.75, 3.05) is 0 Å². The molecule has 24 heavy (non-hydrogen) atoms. The molecule has 1 aliphatic carbocycles. The molecule has 2 N–H and O–H groups in total. The number of amides is 1. The van der Waals surface area contributed by atoms with Crippen molar-refractivity contribution >= 4 is 29.3 Å². The summed E-state index contributed by atoms with van der Waals surface area (Å²) < 4.78 is 1.95. The van der Waals surface area contributed by atoms with Gasteiger partial charge in [0.05, 0.1) is 5.25 Å². The van der Waals surface area contributed by atoms with Gasteiger partial charge in [-0.05, 0) is 31.4 Å². The van der Waals surface area contributed by atoms with Crippen LogP contribution in [0.2, 0.25) is 5.02 Å². The second-order valence-electron chi connectivity index (χ2n) is 5.73. The van der Waals surface area contributed by atoms with Gasteiger partial charge in [0.15, 0.2) is 11.0 Å². The predicted octanol–water partition coefficient (Wildman–Crippen LogP) is 2.56. The molecule has 1 aromatic carbocycles. The number of thioether (sulfide) groups is 1. The van der Waals surface area contributed by atoms with E-state index in [1.165, 1.54) is 11.8 Å². The van der Waals surface area contributed by atoms with E-state index in [-0.39, 0.29) is 17.8 Å². The average molecular weight is 367 g/mol. The summed E-state index contributed by atoms with van der Waals surface area (Å²) in [6.07, 6.45) is 2.12. The lowest BCUT2D eigenvalue weighted by molar-refractivity contribution is -0.120. The fourth-order valence-electron chi connectivity index (χ4n) is 2.37. The van der Waals surface area contributed by atoms with Gasteiger partial charge in [-0.15, -0.1) is 10.2 Å². The number of aliphatic hydroxyl groups is 1. The molecule has 6 nitrogen and oxygen atoms in total. The number of aromatic nitrogens is 3. The zero-order valence-electron chi connectivity index (χ0n) is 13.3. The van der Waals surface area contributed by atoms with Crippen molar-refractivity contribution in [3.05, 3.63) is 40.7 Å².